The maximum atomic E-state index is 13.2. The van der Waals surface area contributed by atoms with Crippen molar-refractivity contribution in [2.75, 3.05) is 13.1 Å². The van der Waals surface area contributed by atoms with Gasteiger partial charge in [-0.25, -0.2) is 9.78 Å². The molecule has 0 bridgehead atoms. The number of piperidine rings is 1. The van der Waals surface area contributed by atoms with Crippen LogP contribution in [0.3, 0.4) is 0 Å². The number of aromatic nitrogens is 3. The highest BCUT2D eigenvalue weighted by Gasteiger charge is 2.22. The predicted molar refractivity (Wildman–Crippen MR) is 115 cm³/mol. The number of nitrogens with zero attached hydrogens (tertiary/aromatic N) is 4. The smallest absolute Gasteiger partial charge is 0.332 e. The molecular formula is C23H26N4O3. The molecule has 0 N–H and O–H groups in total. The zero-order valence-corrected chi connectivity index (χ0v) is 17.2. The first-order valence-corrected chi connectivity index (χ1v) is 10.4. The molecular weight excluding hydrogens is 380 g/mol. The van der Waals surface area contributed by atoms with Gasteiger partial charge in [-0.1, -0.05) is 37.3 Å². The number of rotatable bonds is 5. The summed E-state index contributed by atoms with van der Waals surface area (Å²) in [5.41, 5.74) is 0.777. The maximum Gasteiger partial charge on any atom is 0.332 e. The van der Waals surface area contributed by atoms with Crippen molar-refractivity contribution in [3.05, 3.63) is 75.1 Å². The Balaban J connectivity index is 1.68. The van der Waals surface area contributed by atoms with Crippen molar-refractivity contribution in [3.8, 4) is 0 Å². The Morgan fingerprint density at radius 3 is 2.50 bits per heavy atom. The second-order valence-electron chi connectivity index (χ2n) is 8.00. The summed E-state index contributed by atoms with van der Waals surface area (Å²) in [6.07, 6.45) is 4.03. The van der Waals surface area contributed by atoms with E-state index in [2.05, 4.69) is 11.9 Å². The topological polar surface area (TPSA) is 77.2 Å². The fourth-order valence-corrected chi connectivity index (χ4v) is 3.97. The van der Waals surface area contributed by atoms with E-state index in [1.54, 1.807) is 12.1 Å². The molecule has 7 heteroatoms. The van der Waals surface area contributed by atoms with Gasteiger partial charge >= 0.3 is 5.69 Å². The van der Waals surface area contributed by atoms with Gasteiger partial charge in [0.05, 0.1) is 5.52 Å². The fourth-order valence-electron chi connectivity index (χ4n) is 3.97. The van der Waals surface area contributed by atoms with Crippen LogP contribution < -0.4 is 11.2 Å². The number of benzene rings is 1. The van der Waals surface area contributed by atoms with Gasteiger partial charge in [0.1, 0.15) is 6.54 Å². The molecule has 0 spiro atoms. The Labute approximate surface area is 174 Å². The summed E-state index contributed by atoms with van der Waals surface area (Å²) in [4.78, 5) is 45.1. The highest BCUT2D eigenvalue weighted by atomic mass is 16.2. The van der Waals surface area contributed by atoms with E-state index in [1.165, 1.54) is 15.3 Å². The molecule has 0 unspecified atom stereocenters. The average molecular weight is 406 g/mol. The predicted octanol–water partition coefficient (Wildman–Crippen LogP) is 2.06. The van der Waals surface area contributed by atoms with Gasteiger partial charge in [-0.15, -0.1) is 0 Å². The van der Waals surface area contributed by atoms with Crippen molar-refractivity contribution in [1.29, 1.82) is 0 Å². The quantitative estimate of drug-likeness (QED) is 0.650. The number of carbonyl (C=O) groups excluding carboxylic acids is 1. The zero-order chi connectivity index (χ0) is 21.1. The van der Waals surface area contributed by atoms with Crippen LogP contribution >= 0.6 is 0 Å². The van der Waals surface area contributed by atoms with Crippen LogP contribution in [0.1, 0.15) is 25.3 Å². The Hall–Kier alpha value is -3.22. The van der Waals surface area contributed by atoms with Gasteiger partial charge in [-0.2, -0.15) is 0 Å². The van der Waals surface area contributed by atoms with Crippen molar-refractivity contribution in [3.63, 3.8) is 0 Å². The van der Waals surface area contributed by atoms with Gasteiger partial charge in [0.25, 0.3) is 5.56 Å². The molecule has 1 amide bonds. The third kappa shape index (κ3) is 4.06. The number of hydrogen-bond donors (Lipinski definition) is 0. The van der Waals surface area contributed by atoms with Gasteiger partial charge in [0.15, 0.2) is 5.52 Å². The van der Waals surface area contributed by atoms with Crippen molar-refractivity contribution in [2.45, 2.75) is 39.3 Å². The minimum atomic E-state index is -0.463. The van der Waals surface area contributed by atoms with Crippen molar-refractivity contribution < 1.29 is 4.79 Å². The Kier molecular flexibility index (Phi) is 5.79. The summed E-state index contributed by atoms with van der Waals surface area (Å²) in [5, 5.41) is 0. The largest absolute Gasteiger partial charge is 0.341 e. The third-order valence-electron chi connectivity index (χ3n) is 5.88. The van der Waals surface area contributed by atoms with E-state index in [1.807, 2.05) is 35.2 Å². The van der Waals surface area contributed by atoms with Crippen LogP contribution in [-0.2, 0) is 24.3 Å². The normalized spacial score (nSPS) is 14.9. The summed E-state index contributed by atoms with van der Waals surface area (Å²) < 4.78 is 2.60. The first kappa shape index (κ1) is 20.1. The molecule has 0 radical (unpaired) electrons. The molecule has 7 nitrogen and oxygen atoms in total. The maximum absolute atomic E-state index is 13.2. The van der Waals surface area contributed by atoms with E-state index in [0.717, 1.165) is 18.4 Å². The monoisotopic (exact) mass is 406 g/mol. The van der Waals surface area contributed by atoms with E-state index in [0.29, 0.717) is 30.9 Å². The molecule has 4 rings (SSSR count). The van der Waals surface area contributed by atoms with Crippen LogP contribution in [-0.4, -0.2) is 38.0 Å². The lowest BCUT2D eigenvalue weighted by molar-refractivity contribution is -0.133. The molecule has 1 fully saturated rings. The average Bonchev–Trinajstić information content (AvgIpc) is 2.77. The standard InChI is InChI=1S/C23H26N4O3/c1-17-9-13-25(14-10-17)20(28)16-27-19-8-5-12-24-21(19)22(29)26(23(27)30)15-11-18-6-3-2-4-7-18/h2-8,12,17H,9-11,13-16H2,1H3. The van der Waals surface area contributed by atoms with Gasteiger partial charge in [-0.3, -0.25) is 18.7 Å². The van der Waals surface area contributed by atoms with Crippen LogP contribution in [0.15, 0.2) is 58.3 Å². The SMILES string of the molecule is CC1CCN(C(=O)Cn2c(=O)n(CCc3ccccc3)c(=O)c3ncccc32)CC1. The van der Waals surface area contributed by atoms with Gasteiger partial charge in [0, 0.05) is 25.8 Å². The molecule has 3 heterocycles. The van der Waals surface area contributed by atoms with Crippen LogP contribution in [0.4, 0.5) is 0 Å². The molecule has 0 aliphatic carbocycles. The van der Waals surface area contributed by atoms with Crippen LogP contribution in [0.5, 0.6) is 0 Å². The number of amides is 1. The van der Waals surface area contributed by atoms with E-state index in [-0.39, 0.29) is 24.5 Å². The van der Waals surface area contributed by atoms with Crippen LogP contribution in [0.25, 0.3) is 11.0 Å². The van der Waals surface area contributed by atoms with E-state index < -0.39 is 11.2 Å². The first-order valence-electron chi connectivity index (χ1n) is 10.4. The lowest BCUT2D eigenvalue weighted by Gasteiger charge is -2.30. The van der Waals surface area contributed by atoms with Crippen LogP contribution in [0, 0.1) is 5.92 Å². The molecule has 30 heavy (non-hydrogen) atoms. The number of hydrogen-bond acceptors (Lipinski definition) is 4. The molecule has 0 saturated carbocycles. The van der Waals surface area contributed by atoms with Gasteiger partial charge < -0.3 is 4.90 Å². The molecule has 0 atom stereocenters. The van der Waals surface area contributed by atoms with E-state index in [9.17, 15) is 14.4 Å². The summed E-state index contributed by atoms with van der Waals surface area (Å²) in [7, 11) is 0. The number of aryl methyl sites for hydroxylation is 1. The highest BCUT2D eigenvalue weighted by molar-refractivity contribution is 5.79. The Morgan fingerprint density at radius 2 is 1.77 bits per heavy atom. The minimum absolute atomic E-state index is 0.0823. The molecule has 1 aromatic carbocycles. The molecule has 156 valence electrons. The number of fused-ring (bicyclic) bond motifs is 1. The molecule has 3 aromatic rings. The summed E-state index contributed by atoms with van der Waals surface area (Å²) in [5.74, 6) is 0.518. The van der Waals surface area contributed by atoms with Gasteiger partial charge in [0.2, 0.25) is 5.91 Å². The number of pyridine rings is 1. The van der Waals surface area contributed by atoms with Gasteiger partial charge in [-0.05, 0) is 42.9 Å². The molecule has 1 aliphatic heterocycles. The molecule has 1 saturated heterocycles. The van der Waals surface area contributed by atoms with Crippen molar-refractivity contribution >= 4 is 16.9 Å². The zero-order valence-electron chi connectivity index (χ0n) is 17.2. The third-order valence-corrected chi connectivity index (χ3v) is 5.88. The summed E-state index contributed by atoms with van der Waals surface area (Å²) >= 11 is 0. The Bertz CT molecular complexity index is 1160. The number of carbonyl (C=O) groups is 1. The second-order valence-corrected chi connectivity index (χ2v) is 8.00. The van der Waals surface area contributed by atoms with E-state index in [4.69, 9.17) is 0 Å². The number of likely N-dealkylation sites (tertiary alicyclic amines) is 1. The second kappa shape index (κ2) is 8.65. The van der Waals surface area contributed by atoms with Crippen molar-refractivity contribution in [1.82, 2.24) is 19.0 Å². The van der Waals surface area contributed by atoms with Crippen LogP contribution in [0.2, 0.25) is 0 Å². The lowest BCUT2D eigenvalue weighted by Crippen LogP contribution is -2.45. The summed E-state index contributed by atoms with van der Waals surface area (Å²) in [6, 6.07) is 13.1. The van der Waals surface area contributed by atoms with Crippen molar-refractivity contribution in [2.24, 2.45) is 5.92 Å². The highest BCUT2D eigenvalue weighted by Crippen LogP contribution is 2.16. The fraction of sp³-hybridized carbons (Fsp3) is 0.391. The molecule has 1 aliphatic rings. The minimum Gasteiger partial charge on any atom is -0.341 e. The molecule has 2 aromatic heterocycles. The Morgan fingerprint density at radius 1 is 1.03 bits per heavy atom. The summed E-state index contributed by atoms with van der Waals surface area (Å²) in [6.45, 7) is 3.76. The van der Waals surface area contributed by atoms with E-state index >= 15 is 0 Å². The first-order chi connectivity index (χ1) is 14.5. The lowest BCUT2D eigenvalue weighted by atomic mass is 9.99.